The van der Waals surface area contributed by atoms with Gasteiger partial charge in [-0.25, -0.2) is 9.37 Å². The zero-order chi connectivity index (χ0) is 14.0. The van der Waals surface area contributed by atoms with E-state index in [4.69, 9.17) is 23.8 Å². The third-order valence-corrected chi connectivity index (χ3v) is 3.17. The van der Waals surface area contributed by atoms with Crippen molar-refractivity contribution in [1.82, 2.24) is 9.55 Å². The number of halogens is 2. The lowest BCUT2D eigenvalue weighted by molar-refractivity contribution is 0.631. The molecule has 2 aromatic rings. The van der Waals surface area contributed by atoms with E-state index in [0.29, 0.717) is 30.3 Å². The first kappa shape index (κ1) is 13.4. The van der Waals surface area contributed by atoms with Crippen molar-refractivity contribution in [3.63, 3.8) is 0 Å². The minimum atomic E-state index is -0.452. The van der Waals surface area contributed by atoms with Crippen LogP contribution in [-0.4, -0.2) is 9.55 Å². The smallest absolute Gasteiger partial charge is 0.134 e. The largest absolute Gasteiger partial charge is 0.383 e. The molecule has 1 aromatic carbocycles. The zero-order valence-electron chi connectivity index (χ0n) is 10.5. The number of nitrogens with zero attached hydrogens (tertiary/aromatic N) is 2. The van der Waals surface area contributed by atoms with Gasteiger partial charge >= 0.3 is 0 Å². The van der Waals surface area contributed by atoms with Crippen LogP contribution in [0.3, 0.4) is 0 Å². The van der Waals surface area contributed by atoms with Gasteiger partial charge in [-0.05, 0) is 12.1 Å². The lowest BCUT2D eigenvalue weighted by atomic mass is 10.1. The number of imidazole rings is 1. The predicted octanol–water partition coefficient (Wildman–Crippen LogP) is 3.12. The van der Waals surface area contributed by atoms with Crippen LogP contribution in [0.25, 0.3) is 11.3 Å². The molecule has 0 radical (unpaired) electrons. The van der Waals surface area contributed by atoms with Crippen LogP contribution < -0.4 is 5.73 Å². The van der Waals surface area contributed by atoms with Crippen LogP contribution in [0.15, 0.2) is 18.2 Å². The SMILES string of the molecule is C#CCn1c(CC)nc(-c2c(F)cccc2Cl)c1N. The van der Waals surface area contributed by atoms with Crippen molar-refractivity contribution >= 4 is 17.4 Å². The van der Waals surface area contributed by atoms with Crippen LogP contribution in [0.1, 0.15) is 12.7 Å². The highest BCUT2D eigenvalue weighted by Gasteiger charge is 2.19. The number of nitrogen functional groups attached to an aromatic ring is 1. The molecule has 0 spiro atoms. The Morgan fingerprint density at radius 1 is 1.53 bits per heavy atom. The summed E-state index contributed by atoms with van der Waals surface area (Å²) in [5, 5.41) is 0.278. The third-order valence-electron chi connectivity index (χ3n) is 2.85. The highest BCUT2D eigenvalue weighted by atomic mass is 35.5. The van der Waals surface area contributed by atoms with Gasteiger partial charge in [-0.15, -0.1) is 6.42 Å². The van der Waals surface area contributed by atoms with Crippen molar-refractivity contribution in [3.05, 3.63) is 34.9 Å². The van der Waals surface area contributed by atoms with Gasteiger partial charge in [0.05, 0.1) is 17.1 Å². The standard InChI is InChI=1S/C14H13ClFN3/c1-3-8-19-11(4-2)18-13(14(19)17)12-9(15)6-5-7-10(12)16/h1,5-7H,4,8,17H2,2H3. The zero-order valence-corrected chi connectivity index (χ0v) is 11.2. The minimum absolute atomic E-state index is 0.215. The molecule has 0 bridgehead atoms. The van der Waals surface area contributed by atoms with E-state index in [2.05, 4.69) is 10.9 Å². The van der Waals surface area contributed by atoms with Gasteiger partial charge in [0.15, 0.2) is 0 Å². The summed E-state index contributed by atoms with van der Waals surface area (Å²) in [6, 6.07) is 4.47. The van der Waals surface area contributed by atoms with E-state index in [1.807, 2.05) is 6.92 Å². The number of anilines is 1. The molecule has 19 heavy (non-hydrogen) atoms. The van der Waals surface area contributed by atoms with Crippen LogP contribution in [0.4, 0.5) is 10.2 Å². The molecule has 5 heteroatoms. The summed E-state index contributed by atoms with van der Waals surface area (Å²) < 4.78 is 15.6. The maximum absolute atomic E-state index is 13.9. The van der Waals surface area contributed by atoms with Crippen molar-refractivity contribution in [2.24, 2.45) is 0 Å². The quantitative estimate of drug-likeness (QED) is 0.876. The van der Waals surface area contributed by atoms with Crippen molar-refractivity contribution in [1.29, 1.82) is 0 Å². The molecule has 0 atom stereocenters. The Labute approximate surface area is 116 Å². The summed E-state index contributed by atoms with van der Waals surface area (Å²) in [4.78, 5) is 4.36. The van der Waals surface area contributed by atoms with Crippen molar-refractivity contribution < 1.29 is 4.39 Å². The second kappa shape index (κ2) is 5.33. The van der Waals surface area contributed by atoms with E-state index in [9.17, 15) is 4.39 Å². The molecule has 0 amide bonds. The summed E-state index contributed by atoms with van der Waals surface area (Å²) >= 11 is 6.03. The summed E-state index contributed by atoms with van der Waals surface area (Å²) in [5.74, 6) is 3.11. The molecule has 0 saturated heterocycles. The van der Waals surface area contributed by atoms with E-state index in [1.165, 1.54) is 12.1 Å². The summed E-state index contributed by atoms with van der Waals surface area (Å²) in [5.41, 5.74) is 6.57. The highest BCUT2D eigenvalue weighted by molar-refractivity contribution is 6.33. The minimum Gasteiger partial charge on any atom is -0.383 e. The molecule has 0 saturated carbocycles. The Morgan fingerprint density at radius 3 is 2.84 bits per heavy atom. The molecule has 0 unspecified atom stereocenters. The predicted molar refractivity (Wildman–Crippen MR) is 75.3 cm³/mol. The van der Waals surface area contributed by atoms with Crippen molar-refractivity contribution in [2.45, 2.75) is 19.9 Å². The first-order chi connectivity index (χ1) is 9.10. The van der Waals surface area contributed by atoms with Gasteiger partial charge in [-0.1, -0.05) is 30.5 Å². The van der Waals surface area contributed by atoms with E-state index in [-0.39, 0.29) is 10.6 Å². The number of hydrogen-bond acceptors (Lipinski definition) is 2. The maximum atomic E-state index is 13.9. The second-order valence-corrected chi connectivity index (χ2v) is 4.41. The van der Waals surface area contributed by atoms with E-state index < -0.39 is 5.82 Å². The summed E-state index contributed by atoms with van der Waals surface area (Å²) in [6.07, 6.45) is 5.96. The maximum Gasteiger partial charge on any atom is 0.134 e. The Bertz CT molecular complexity index is 635. The van der Waals surface area contributed by atoms with Gasteiger partial charge in [0.1, 0.15) is 23.2 Å². The highest BCUT2D eigenvalue weighted by Crippen LogP contribution is 2.34. The van der Waals surface area contributed by atoms with Crippen molar-refractivity contribution in [3.8, 4) is 23.6 Å². The Hall–Kier alpha value is -1.99. The van der Waals surface area contributed by atoms with Crippen LogP contribution in [0.5, 0.6) is 0 Å². The number of nitrogens with two attached hydrogens (primary N) is 1. The molecule has 2 rings (SSSR count). The van der Waals surface area contributed by atoms with Crippen LogP contribution in [0, 0.1) is 18.2 Å². The molecule has 0 aliphatic heterocycles. The average Bonchev–Trinajstić information content (AvgIpc) is 2.68. The Morgan fingerprint density at radius 2 is 2.26 bits per heavy atom. The monoisotopic (exact) mass is 277 g/mol. The molecule has 1 heterocycles. The van der Waals surface area contributed by atoms with Gasteiger partial charge in [0, 0.05) is 6.42 Å². The number of aromatic nitrogens is 2. The molecule has 1 aromatic heterocycles. The molecule has 0 fully saturated rings. The van der Waals surface area contributed by atoms with Gasteiger partial charge in [-0.3, -0.25) is 0 Å². The number of terminal acetylenes is 1. The van der Waals surface area contributed by atoms with E-state index in [1.54, 1.807) is 10.6 Å². The molecule has 98 valence electrons. The Balaban J connectivity index is 2.67. The van der Waals surface area contributed by atoms with Gasteiger partial charge in [0.2, 0.25) is 0 Å². The topological polar surface area (TPSA) is 43.8 Å². The molecule has 0 aliphatic rings. The number of rotatable bonds is 3. The first-order valence-corrected chi connectivity index (χ1v) is 6.20. The van der Waals surface area contributed by atoms with Gasteiger partial charge in [0.25, 0.3) is 0 Å². The number of benzene rings is 1. The molecular weight excluding hydrogens is 265 g/mol. The van der Waals surface area contributed by atoms with Crippen LogP contribution in [0.2, 0.25) is 5.02 Å². The number of aryl methyl sites for hydroxylation is 1. The normalized spacial score (nSPS) is 10.4. The van der Waals surface area contributed by atoms with Crippen LogP contribution in [-0.2, 0) is 13.0 Å². The third kappa shape index (κ3) is 2.29. The fourth-order valence-electron chi connectivity index (χ4n) is 1.96. The lowest BCUT2D eigenvalue weighted by Gasteiger charge is -2.05. The fraction of sp³-hybridized carbons (Fsp3) is 0.214. The Kier molecular flexibility index (Phi) is 3.77. The van der Waals surface area contributed by atoms with Gasteiger partial charge in [-0.2, -0.15) is 0 Å². The van der Waals surface area contributed by atoms with E-state index >= 15 is 0 Å². The van der Waals surface area contributed by atoms with Crippen LogP contribution >= 0.6 is 11.6 Å². The van der Waals surface area contributed by atoms with Crippen molar-refractivity contribution in [2.75, 3.05) is 5.73 Å². The first-order valence-electron chi connectivity index (χ1n) is 5.82. The fourth-order valence-corrected chi connectivity index (χ4v) is 2.21. The molecule has 3 nitrogen and oxygen atoms in total. The second-order valence-electron chi connectivity index (χ2n) is 4.00. The average molecular weight is 278 g/mol. The molecular formula is C14H13ClFN3. The summed E-state index contributed by atoms with van der Waals surface area (Å²) in [6.45, 7) is 2.23. The van der Waals surface area contributed by atoms with E-state index in [0.717, 1.165) is 0 Å². The molecule has 2 N–H and O–H groups in total. The van der Waals surface area contributed by atoms with Gasteiger partial charge < -0.3 is 10.3 Å². The summed E-state index contributed by atoms with van der Waals surface area (Å²) in [7, 11) is 0. The number of hydrogen-bond donors (Lipinski definition) is 1. The molecule has 0 aliphatic carbocycles. The lowest BCUT2D eigenvalue weighted by Crippen LogP contribution is -2.05.